The highest BCUT2D eigenvalue weighted by Crippen LogP contribution is 2.29. The third-order valence-electron chi connectivity index (χ3n) is 6.67. The molecule has 6 nitrogen and oxygen atoms in total. The Morgan fingerprint density at radius 2 is 1.87 bits per heavy atom. The van der Waals surface area contributed by atoms with Crippen molar-refractivity contribution in [2.24, 2.45) is 10.9 Å². The third kappa shape index (κ3) is 6.97. The lowest BCUT2D eigenvalue weighted by molar-refractivity contribution is 0.130. The van der Waals surface area contributed by atoms with Gasteiger partial charge in [-0.15, -0.1) is 24.0 Å². The SMILES string of the molecule is CN=C(NCc1ccnc(OC2CCC(C)CC2)c1)NC1CCN(C2CC2)CC1.I. The molecule has 0 spiro atoms. The number of piperidine rings is 1. The standard InChI is InChI=1S/C23H37N5O.HI/c1-17-3-7-21(8-4-17)29-22-15-18(9-12-25-22)16-26-23(24-2)27-19-10-13-28(14-11-19)20-5-6-20;/h9,12,15,17,19-21H,3-8,10-11,13-14,16H2,1-2H3,(H2,24,26,27);1H. The van der Waals surface area contributed by atoms with Gasteiger partial charge in [-0.25, -0.2) is 4.98 Å². The Morgan fingerprint density at radius 3 is 2.53 bits per heavy atom. The third-order valence-corrected chi connectivity index (χ3v) is 6.67. The highest BCUT2D eigenvalue weighted by atomic mass is 127. The molecule has 2 N–H and O–H groups in total. The van der Waals surface area contributed by atoms with Crippen LogP contribution in [0.5, 0.6) is 5.88 Å². The molecule has 2 aliphatic carbocycles. The minimum atomic E-state index is 0. The maximum absolute atomic E-state index is 6.14. The van der Waals surface area contributed by atoms with E-state index >= 15 is 0 Å². The van der Waals surface area contributed by atoms with E-state index in [1.165, 1.54) is 57.2 Å². The van der Waals surface area contributed by atoms with Gasteiger partial charge in [0.2, 0.25) is 5.88 Å². The Morgan fingerprint density at radius 1 is 1.13 bits per heavy atom. The summed E-state index contributed by atoms with van der Waals surface area (Å²) in [6.45, 7) is 5.48. The first kappa shape index (κ1) is 23.6. The summed E-state index contributed by atoms with van der Waals surface area (Å²) < 4.78 is 6.14. The van der Waals surface area contributed by atoms with Gasteiger partial charge in [-0.05, 0) is 68.9 Å². The van der Waals surface area contributed by atoms with E-state index in [0.717, 1.165) is 43.2 Å². The fourth-order valence-electron chi connectivity index (χ4n) is 4.57. The van der Waals surface area contributed by atoms with Crippen molar-refractivity contribution < 1.29 is 4.74 Å². The average Bonchev–Trinajstić information content (AvgIpc) is 3.59. The fraction of sp³-hybridized carbons (Fsp3) is 0.739. The van der Waals surface area contributed by atoms with Crippen LogP contribution in [0.2, 0.25) is 0 Å². The van der Waals surface area contributed by atoms with E-state index in [2.05, 4.69) is 38.5 Å². The van der Waals surface area contributed by atoms with Crippen LogP contribution in [0.3, 0.4) is 0 Å². The molecule has 0 bridgehead atoms. The number of aromatic nitrogens is 1. The monoisotopic (exact) mass is 527 g/mol. The lowest BCUT2D eigenvalue weighted by Gasteiger charge is -2.33. The van der Waals surface area contributed by atoms with Gasteiger partial charge < -0.3 is 20.3 Å². The van der Waals surface area contributed by atoms with Crippen molar-refractivity contribution in [3.8, 4) is 5.88 Å². The molecule has 3 fully saturated rings. The van der Waals surface area contributed by atoms with Crippen LogP contribution in [0.25, 0.3) is 0 Å². The van der Waals surface area contributed by atoms with Crippen LogP contribution in [0.4, 0.5) is 0 Å². The highest BCUT2D eigenvalue weighted by Gasteiger charge is 2.31. The first-order valence-corrected chi connectivity index (χ1v) is 11.5. The number of ether oxygens (including phenoxy) is 1. The number of nitrogens with one attached hydrogen (secondary N) is 2. The quantitative estimate of drug-likeness (QED) is 0.334. The molecule has 168 valence electrons. The zero-order valence-corrected chi connectivity index (χ0v) is 20.8. The smallest absolute Gasteiger partial charge is 0.213 e. The van der Waals surface area contributed by atoms with Crippen LogP contribution in [0.15, 0.2) is 23.3 Å². The van der Waals surface area contributed by atoms with Crippen molar-refractivity contribution in [2.45, 2.75) is 83.0 Å². The van der Waals surface area contributed by atoms with Crippen LogP contribution >= 0.6 is 24.0 Å². The summed E-state index contributed by atoms with van der Waals surface area (Å²) in [7, 11) is 1.85. The van der Waals surface area contributed by atoms with Crippen molar-refractivity contribution >= 4 is 29.9 Å². The zero-order valence-electron chi connectivity index (χ0n) is 18.5. The van der Waals surface area contributed by atoms with E-state index in [0.29, 0.717) is 12.1 Å². The van der Waals surface area contributed by atoms with E-state index in [-0.39, 0.29) is 24.0 Å². The van der Waals surface area contributed by atoms with Gasteiger partial charge in [0.25, 0.3) is 0 Å². The molecule has 2 heterocycles. The largest absolute Gasteiger partial charge is 0.474 e. The molecule has 7 heteroatoms. The molecule has 0 unspecified atom stereocenters. The fourth-order valence-corrected chi connectivity index (χ4v) is 4.57. The van der Waals surface area contributed by atoms with Gasteiger partial charge in [-0.3, -0.25) is 4.99 Å². The molecule has 3 aliphatic rings. The molecule has 4 rings (SSSR count). The van der Waals surface area contributed by atoms with Gasteiger partial charge >= 0.3 is 0 Å². The summed E-state index contributed by atoms with van der Waals surface area (Å²) in [6.07, 6.45) is 12.2. The Labute approximate surface area is 198 Å². The number of hydrogen-bond donors (Lipinski definition) is 2. The normalized spacial score (nSPS) is 26.0. The van der Waals surface area contributed by atoms with Gasteiger partial charge in [-0.1, -0.05) is 6.92 Å². The number of guanidine groups is 1. The van der Waals surface area contributed by atoms with Gasteiger partial charge in [-0.2, -0.15) is 0 Å². The molecule has 1 aromatic heterocycles. The second-order valence-corrected chi connectivity index (χ2v) is 9.11. The summed E-state index contributed by atoms with van der Waals surface area (Å²) in [5.74, 6) is 2.47. The first-order chi connectivity index (χ1) is 14.2. The number of pyridine rings is 1. The molecule has 0 atom stereocenters. The molecule has 1 aromatic rings. The molecule has 1 aliphatic heterocycles. The highest BCUT2D eigenvalue weighted by molar-refractivity contribution is 14.0. The van der Waals surface area contributed by atoms with E-state index < -0.39 is 0 Å². The minimum absolute atomic E-state index is 0. The van der Waals surface area contributed by atoms with Crippen molar-refractivity contribution in [1.82, 2.24) is 20.5 Å². The van der Waals surface area contributed by atoms with E-state index in [1.54, 1.807) is 0 Å². The van der Waals surface area contributed by atoms with Gasteiger partial charge in [0.05, 0.1) is 0 Å². The van der Waals surface area contributed by atoms with Crippen molar-refractivity contribution in [2.75, 3.05) is 20.1 Å². The maximum atomic E-state index is 6.14. The molecule has 0 amide bonds. The minimum Gasteiger partial charge on any atom is -0.474 e. The van der Waals surface area contributed by atoms with E-state index in [1.807, 2.05) is 19.3 Å². The van der Waals surface area contributed by atoms with Crippen LogP contribution in [0.1, 0.15) is 63.9 Å². The predicted molar refractivity (Wildman–Crippen MR) is 133 cm³/mol. The van der Waals surface area contributed by atoms with E-state index in [9.17, 15) is 0 Å². The molecule has 0 aromatic carbocycles. The van der Waals surface area contributed by atoms with Gasteiger partial charge in [0.15, 0.2) is 5.96 Å². The summed E-state index contributed by atoms with van der Waals surface area (Å²) in [5.41, 5.74) is 1.17. The zero-order chi connectivity index (χ0) is 20.1. The molecule has 30 heavy (non-hydrogen) atoms. The van der Waals surface area contributed by atoms with Crippen LogP contribution in [0, 0.1) is 5.92 Å². The Kier molecular flexibility index (Phi) is 9.04. The van der Waals surface area contributed by atoms with E-state index in [4.69, 9.17) is 4.74 Å². The Hall–Kier alpha value is -1.09. The molecule has 2 saturated carbocycles. The van der Waals surface area contributed by atoms with Crippen molar-refractivity contribution in [3.63, 3.8) is 0 Å². The molecule has 0 radical (unpaired) electrons. The molecular formula is C23H38IN5O. The number of nitrogens with zero attached hydrogens (tertiary/aromatic N) is 3. The summed E-state index contributed by atoms with van der Waals surface area (Å²) in [4.78, 5) is 11.5. The number of halogens is 1. The number of rotatable bonds is 6. The van der Waals surface area contributed by atoms with Gasteiger partial charge in [0.1, 0.15) is 6.10 Å². The Balaban J connectivity index is 0.00000256. The van der Waals surface area contributed by atoms with Crippen LogP contribution < -0.4 is 15.4 Å². The summed E-state index contributed by atoms with van der Waals surface area (Å²) >= 11 is 0. The lowest BCUT2D eigenvalue weighted by atomic mass is 9.89. The number of aliphatic imine (C=N–C) groups is 1. The van der Waals surface area contributed by atoms with Crippen molar-refractivity contribution in [3.05, 3.63) is 23.9 Å². The lowest BCUT2D eigenvalue weighted by Crippen LogP contribution is -2.48. The second kappa shape index (κ2) is 11.5. The number of likely N-dealkylation sites (tertiary alicyclic amines) is 1. The van der Waals surface area contributed by atoms with Crippen molar-refractivity contribution in [1.29, 1.82) is 0 Å². The molecule has 1 saturated heterocycles. The number of hydrogen-bond acceptors (Lipinski definition) is 4. The summed E-state index contributed by atoms with van der Waals surface area (Å²) in [6, 6.07) is 5.51. The van der Waals surface area contributed by atoms with Gasteiger partial charge in [0, 0.05) is 51.0 Å². The maximum Gasteiger partial charge on any atom is 0.213 e. The first-order valence-electron chi connectivity index (χ1n) is 11.5. The second-order valence-electron chi connectivity index (χ2n) is 9.11. The summed E-state index contributed by atoms with van der Waals surface area (Å²) in [5, 5.41) is 7.06. The van der Waals surface area contributed by atoms with Crippen LogP contribution in [-0.2, 0) is 6.54 Å². The Bertz CT molecular complexity index is 680. The predicted octanol–water partition coefficient (Wildman–Crippen LogP) is 3.95. The van der Waals surface area contributed by atoms with Crippen LogP contribution in [-0.4, -0.2) is 54.2 Å². The molecular weight excluding hydrogens is 489 g/mol. The average molecular weight is 527 g/mol. The topological polar surface area (TPSA) is 61.8 Å².